The highest BCUT2D eigenvalue weighted by Gasteiger charge is 2.37. The molecule has 2 heterocycles. The van der Waals surface area contributed by atoms with E-state index in [9.17, 15) is 18.0 Å². The summed E-state index contributed by atoms with van der Waals surface area (Å²) in [7, 11) is -1.05. The summed E-state index contributed by atoms with van der Waals surface area (Å²) in [6.07, 6.45) is 0. The molecule has 1 N–H and O–H groups in total. The minimum absolute atomic E-state index is 0.0102. The number of sulfone groups is 1. The number of amides is 1. The number of ketones is 1. The van der Waals surface area contributed by atoms with E-state index in [1.54, 1.807) is 43.3 Å². The number of rotatable bonds is 6. The van der Waals surface area contributed by atoms with E-state index < -0.39 is 21.5 Å². The molecule has 1 aromatic heterocycles. The Kier molecular flexibility index (Phi) is 6.08. The van der Waals surface area contributed by atoms with Gasteiger partial charge >= 0.3 is 0 Å². The van der Waals surface area contributed by atoms with Crippen molar-refractivity contribution in [3.05, 3.63) is 94.9 Å². The van der Waals surface area contributed by atoms with E-state index in [2.05, 4.69) is 5.32 Å². The molecule has 9 heteroatoms. The molecule has 0 spiro atoms. The zero-order valence-corrected chi connectivity index (χ0v) is 21.1. The number of hydrogen-bond acceptors (Lipinski definition) is 7. The summed E-state index contributed by atoms with van der Waals surface area (Å²) >= 11 is 0. The van der Waals surface area contributed by atoms with E-state index in [1.165, 1.54) is 44.6 Å². The lowest BCUT2D eigenvalue weighted by atomic mass is 9.95. The van der Waals surface area contributed by atoms with Gasteiger partial charge in [0.1, 0.15) is 11.5 Å². The lowest BCUT2D eigenvalue weighted by Gasteiger charge is -2.22. The highest BCUT2D eigenvalue weighted by atomic mass is 32.2. The first-order valence-corrected chi connectivity index (χ1v) is 12.9. The van der Waals surface area contributed by atoms with Crippen LogP contribution in [-0.2, 0) is 16.4 Å². The van der Waals surface area contributed by atoms with Crippen molar-refractivity contribution in [1.29, 1.82) is 0 Å². The van der Waals surface area contributed by atoms with Gasteiger partial charge < -0.3 is 19.2 Å². The van der Waals surface area contributed by atoms with Crippen molar-refractivity contribution in [3.63, 3.8) is 0 Å². The molecule has 0 aliphatic carbocycles. The van der Waals surface area contributed by atoms with Gasteiger partial charge in [0.05, 0.1) is 41.7 Å². The van der Waals surface area contributed by atoms with Gasteiger partial charge in [-0.05, 0) is 66.6 Å². The third kappa shape index (κ3) is 4.17. The maximum absolute atomic E-state index is 13.7. The summed E-state index contributed by atoms with van der Waals surface area (Å²) in [6, 6.07) is 17.6. The Balaban J connectivity index is 1.54. The molecule has 0 atom stereocenters. The van der Waals surface area contributed by atoms with E-state index in [-0.39, 0.29) is 33.0 Å². The molecule has 1 aliphatic heterocycles. The van der Waals surface area contributed by atoms with Crippen LogP contribution in [0.25, 0.3) is 11.1 Å². The van der Waals surface area contributed by atoms with Gasteiger partial charge in [-0.2, -0.15) is 0 Å². The van der Waals surface area contributed by atoms with Crippen LogP contribution in [0.1, 0.15) is 37.8 Å². The SMILES string of the molecule is COc1ccc(-c2ccc3c(c2)S(=O)(=O)c2cccc(C(=O)NCc4ccc(C)o4)c2C3=O)cc1OC. The van der Waals surface area contributed by atoms with Crippen LogP contribution < -0.4 is 14.8 Å². The van der Waals surface area contributed by atoms with Crippen LogP contribution in [0.5, 0.6) is 11.5 Å². The van der Waals surface area contributed by atoms with Crippen LogP contribution in [0.15, 0.2) is 80.9 Å². The first-order valence-electron chi connectivity index (χ1n) is 11.4. The second-order valence-electron chi connectivity index (χ2n) is 8.49. The fourth-order valence-electron chi connectivity index (χ4n) is 4.40. The minimum atomic E-state index is -4.09. The second kappa shape index (κ2) is 9.25. The third-order valence-corrected chi connectivity index (χ3v) is 8.08. The Hall–Kier alpha value is -4.37. The zero-order chi connectivity index (χ0) is 26.3. The van der Waals surface area contributed by atoms with Crippen LogP contribution in [0.4, 0.5) is 0 Å². The number of fused-ring (bicyclic) bond motifs is 2. The molecule has 1 aliphatic rings. The molecule has 3 aromatic carbocycles. The minimum Gasteiger partial charge on any atom is -0.493 e. The Labute approximate surface area is 213 Å². The van der Waals surface area contributed by atoms with Gasteiger partial charge in [-0.1, -0.05) is 18.2 Å². The largest absolute Gasteiger partial charge is 0.493 e. The molecule has 1 amide bonds. The van der Waals surface area contributed by atoms with Crippen LogP contribution >= 0.6 is 0 Å². The van der Waals surface area contributed by atoms with Crippen LogP contribution in [0.3, 0.4) is 0 Å². The molecule has 0 radical (unpaired) electrons. The number of benzene rings is 3. The fraction of sp³-hybridized carbons (Fsp3) is 0.143. The predicted molar refractivity (Wildman–Crippen MR) is 135 cm³/mol. The lowest BCUT2D eigenvalue weighted by Crippen LogP contribution is -2.28. The second-order valence-corrected chi connectivity index (χ2v) is 10.4. The van der Waals surface area contributed by atoms with Crippen molar-refractivity contribution in [2.24, 2.45) is 0 Å². The molecule has 0 unspecified atom stereocenters. The molecular weight excluding hydrogens is 494 g/mol. The molecule has 0 saturated carbocycles. The fourth-order valence-corrected chi connectivity index (χ4v) is 6.10. The highest BCUT2D eigenvalue weighted by Crippen LogP contribution is 2.39. The van der Waals surface area contributed by atoms with Gasteiger partial charge in [-0.3, -0.25) is 9.59 Å². The van der Waals surface area contributed by atoms with E-state index in [4.69, 9.17) is 13.9 Å². The Morgan fingerprint density at radius 1 is 0.892 bits per heavy atom. The normalized spacial score (nSPS) is 13.4. The van der Waals surface area contributed by atoms with E-state index >= 15 is 0 Å². The standard InChI is InChI=1S/C28H23NO7S/c1-16-7-10-19(36-16)15-29-28(31)21-5-4-6-24-26(21)27(30)20-11-8-18(14-25(20)37(24,32)33)17-9-12-22(34-2)23(13-17)35-3/h4-14H,15H2,1-3H3,(H,29,31). The van der Waals surface area contributed by atoms with Crippen LogP contribution in [0, 0.1) is 6.92 Å². The molecule has 0 fully saturated rings. The van der Waals surface area contributed by atoms with Gasteiger partial charge in [-0.25, -0.2) is 8.42 Å². The summed E-state index contributed by atoms with van der Waals surface area (Å²) < 4.78 is 43.4. The lowest BCUT2D eigenvalue weighted by molar-refractivity contribution is 0.0935. The molecule has 188 valence electrons. The predicted octanol–water partition coefficient (Wildman–Crippen LogP) is 4.58. The van der Waals surface area contributed by atoms with Crippen molar-refractivity contribution in [1.82, 2.24) is 5.32 Å². The molecule has 8 nitrogen and oxygen atoms in total. The number of nitrogens with one attached hydrogen (secondary N) is 1. The molecule has 5 rings (SSSR count). The number of ether oxygens (including phenoxy) is 2. The van der Waals surface area contributed by atoms with Gasteiger partial charge in [-0.15, -0.1) is 0 Å². The average molecular weight is 518 g/mol. The first kappa shape index (κ1) is 24.3. The van der Waals surface area contributed by atoms with Crippen molar-refractivity contribution in [2.45, 2.75) is 23.3 Å². The van der Waals surface area contributed by atoms with Crippen molar-refractivity contribution < 1.29 is 31.9 Å². The maximum Gasteiger partial charge on any atom is 0.252 e. The Morgan fingerprint density at radius 2 is 1.62 bits per heavy atom. The first-order chi connectivity index (χ1) is 17.7. The Morgan fingerprint density at radius 3 is 2.32 bits per heavy atom. The summed E-state index contributed by atoms with van der Waals surface area (Å²) in [5, 5.41) is 2.70. The van der Waals surface area contributed by atoms with Gasteiger partial charge in [0.2, 0.25) is 9.84 Å². The van der Waals surface area contributed by atoms with Crippen molar-refractivity contribution in [3.8, 4) is 22.6 Å². The highest BCUT2D eigenvalue weighted by molar-refractivity contribution is 7.91. The summed E-state index contributed by atoms with van der Waals surface area (Å²) in [6.45, 7) is 1.89. The number of aryl methyl sites for hydroxylation is 1. The molecule has 0 saturated heterocycles. The molecule has 0 bridgehead atoms. The summed E-state index contributed by atoms with van der Waals surface area (Å²) in [5.74, 6) is 1.17. The van der Waals surface area contributed by atoms with Gasteiger partial charge in [0, 0.05) is 5.56 Å². The van der Waals surface area contributed by atoms with Crippen LogP contribution in [0.2, 0.25) is 0 Å². The van der Waals surface area contributed by atoms with E-state index in [1.807, 2.05) is 0 Å². The number of hydrogen-bond donors (Lipinski definition) is 1. The monoisotopic (exact) mass is 517 g/mol. The number of methoxy groups -OCH3 is 2. The summed E-state index contributed by atoms with van der Waals surface area (Å²) in [4.78, 5) is 26.2. The summed E-state index contributed by atoms with van der Waals surface area (Å²) in [5.41, 5.74) is 1.14. The van der Waals surface area contributed by atoms with Crippen molar-refractivity contribution >= 4 is 21.5 Å². The topological polar surface area (TPSA) is 112 Å². The number of carbonyl (C=O) groups is 2. The van der Waals surface area contributed by atoms with Crippen molar-refractivity contribution in [2.75, 3.05) is 14.2 Å². The molecular formula is C28H23NO7S. The third-order valence-electron chi connectivity index (χ3n) is 6.24. The van der Waals surface area contributed by atoms with E-state index in [0.717, 1.165) is 0 Å². The zero-order valence-electron chi connectivity index (χ0n) is 20.3. The van der Waals surface area contributed by atoms with Crippen LogP contribution in [-0.4, -0.2) is 34.3 Å². The molecule has 37 heavy (non-hydrogen) atoms. The molecule has 4 aromatic rings. The van der Waals surface area contributed by atoms with Gasteiger partial charge in [0.25, 0.3) is 5.91 Å². The van der Waals surface area contributed by atoms with Gasteiger partial charge in [0.15, 0.2) is 17.3 Å². The smallest absolute Gasteiger partial charge is 0.252 e. The maximum atomic E-state index is 13.7. The Bertz CT molecular complexity index is 1670. The van der Waals surface area contributed by atoms with E-state index in [0.29, 0.717) is 34.1 Å². The average Bonchev–Trinajstić information content (AvgIpc) is 3.34. The quantitative estimate of drug-likeness (QED) is 0.351. The number of carbonyl (C=O) groups excluding carboxylic acids is 2. The number of furan rings is 1.